The molecule has 0 radical (unpaired) electrons. The number of hydrogen-bond acceptors (Lipinski definition) is 1. The van der Waals surface area contributed by atoms with Gasteiger partial charge in [0.25, 0.3) is 0 Å². The molecule has 0 saturated heterocycles. The van der Waals surface area contributed by atoms with Crippen molar-refractivity contribution in [1.29, 1.82) is 0 Å². The molecule has 0 aliphatic carbocycles. The normalized spacial score (nSPS) is 11.3. The molecule has 0 bridgehead atoms. The summed E-state index contributed by atoms with van der Waals surface area (Å²) >= 11 is 23.0. The van der Waals surface area contributed by atoms with E-state index in [1.807, 2.05) is 22.6 Å². The van der Waals surface area contributed by atoms with Gasteiger partial charge in [-0.25, -0.2) is 4.39 Å². The summed E-state index contributed by atoms with van der Waals surface area (Å²) in [5.41, 5.74) is 1.95. The van der Waals surface area contributed by atoms with Gasteiger partial charge >= 0.3 is 0 Å². The first kappa shape index (κ1) is 15.7. The van der Waals surface area contributed by atoms with Crippen LogP contribution in [0.5, 0.6) is 0 Å². The van der Waals surface area contributed by atoms with Crippen molar-refractivity contribution in [3.8, 4) is 5.69 Å². The van der Waals surface area contributed by atoms with Gasteiger partial charge in [0.05, 0.1) is 30.3 Å². The molecule has 2 aromatic carbocycles. The van der Waals surface area contributed by atoms with Crippen molar-refractivity contribution in [2.45, 2.75) is 0 Å². The zero-order valence-electron chi connectivity index (χ0n) is 10.1. The fourth-order valence-electron chi connectivity index (χ4n) is 2.03. The van der Waals surface area contributed by atoms with Crippen LogP contribution in [0, 0.1) is 14.2 Å². The van der Waals surface area contributed by atoms with Crippen molar-refractivity contribution >= 4 is 85.0 Å². The molecular formula is C13H5BrCl2FIN2S. The summed E-state index contributed by atoms with van der Waals surface area (Å²) in [4.78, 5) is 3.05. The molecule has 0 atom stereocenters. The zero-order chi connectivity index (χ0) is 15.3. The number of aromatic amines is 1. The highest BCUT2D eigenvalue weighted by atomic mass is 127. The molecule has 2 nitrogen and oxygen atoms in total. The van der Waals surface area contributed by atoms with E-state index in [0.717, 1.165) is 5.52 Å². The molecule has 0 saturated carbocycles. The van der Waals surface area contributed by atoms with Gasteiger partial charge in [0.15, 0.2) is 4.77 Å². The van der Waals surface area contributed by atoms with Gasteiger partial charge in [0.1, 0.15) is 5.82 Å². The van der Waals surface area contributed by atoms with E-state index in [9.17, 15) is 4.39 Å². The van der Waals surface area contributed by atoms with Crippen LogP contribution in [0.2, 0.25) is 10.0 Å². The van der Waals surface area contributed by atoms with Crippen LogP contribution in [-0.2, 0) is 0 Å². The smallest absolute Gasteiger partial charge is 0.182 e. The maximum atomic E-state index is 13.9. The number of nitrogens with one attached hydrogen (secondary N) is 1. The summed E-state index contributed by atoms with van der Waals surface area (Å²) in [7, 11) is 0. The standard InChI is InChI=1S/C13H5BrCl2FIN2S/c14-5-1-2-9(12(16)11(5)15)20-10-3-6(17)7(18)4-8(10)19-13(20)21/h1-4H,(H,19,21). The minimum atomic E-state index is -0.315. The van der Waals surface area contributed by atoms with Crippen molar-refractivity contribution in [1.82, 2.24) is 9.55 Å². The highest BCUT2D eigenvalue weighted by Gasteiger charge is 2.15. The van der Waals surface area contributed by atoms with Crippen molar-refractivity contribution in [3.63, 3.8) is 0 Å². The monoisotopic (exact) mass is 516 g/mol. The minimum absolute atomic E-state index is 0.315. The Kier molecular flexibility index (Phi) is 4.35. The maximum Gasteiger partial charge on any atom is 0.182 e. The lowest BCUT2D eigenvalue weighted by molar-refractivity contribution is 0.622. The van der Waals surface area contributed by atoms with Gasteiger partial charge in [-0.15, -0.1) is 0 Å². The summed E-state index contributed by atoms with van der Waals surface area (Å²) in [6, 6.07) is 6.67. The van der Waals surface area contributed by atoms with Gasteiger partial charge in [0.2, 0.25) is 0 Å². The van der Waals surface area contributed by atoms with Crippen molar-refractivity contribution in [3.05, 3.63) is 52.9 Å². The topological polar surface area (TPSA) is 20.7 Å². The molecule has 0 fully saturated rings. The Morgan fingerprint density at radius 3 is 2.67 bits per heavy atom. The third kappa shape index (κ3) is 2.65. The Bertz CT molecular complexity index is 938. The molecule has 0 amide bonds. The van der Waals surface area contributed by atoms with Crippen LogP contribution in [0.3, 0.4) is 0 Å². The highest BCUT2D eigenvalue weighted by molar-refractivity contribution is 14.1. The number of imidazole rings is 1. The van der Waals surface area contributed by atoms with Gasteiger partial charge in [-0.1, -0.05) is 23.2 Å². The van der Waals surface area contributed by atoms with E-state index in [2.05, 4.69) is 20.9 Å². The predicted octanol–water partition coefficient (Wildman–Crippen LogP) is 6.50. The minimum Gasteiger partial charge on any atom is -0.330 e. The molecule has 1 N–H and O–H groups in total. The Balaban J connectivity index is 2.41. The summed E-state index contributed by atoms with van der Waals surface area (Å²) < 4.78 is 17.2. The van der Waals surface area contributed by atoms with Crippen LogP contribution in [0.25, 0.3) is 16.7 Å². The van der Waals surface area contributed by atoms with Crippen LogP contribution >= 0.6 is 73.9 Å². The van der Waals surface area contributed by atoms with E-state index in [0.29, 0.717) is 34.1 Å². The van der Waals surface area contributed by atoms with E-state index in [4.69, 9.17) is 35.4 Å². The Labute approximate surface area is 156 Å². The molecular weight excluding hydrogens is 513 g/mol. The summed E-state index contributed by atoms with van der Waals surface area (Å²) in [5.74, 6) is -0.315. The third-order valence-corrected chi connectivity index (χ3v) is 5.85. The summed E-state index contributed by atoms with van der Waals surface area (Å²) in [6.07, 6.45) is 0. The first-order valence-electron chi connectivity index (χ1n) is 5.64. The van der Waals surface area contributed by atoms with Crippen molar-refractivity contribution in [2.75, 3.05) is 0 Å². The first-order chi connectivity index (χ1) is 9.90. The highest BCUT2D eigenvalue weighted by Crippen LogP contribution is 2.36. The molecule has 1 aromatic heterocycles. The quantitative estimate of drug-likeness (QED) is 0.222. The molecule has 108 valence electrons. The van der Waals surface area contributed by atoms with Crippen LogP contribution in [0.15, 0.2) is 28.7 Å². The summed E-state index contributed by atoms with van der Waals surface area (Å²) in [5, 5.41) is 0.735. The van der Waals surface area contributed by atoms with Crippen LogP contribution < -0.4 is 0 Å². The fourth-order valence-corrected chi connectivity index (χ4v) is 3.66. The summed E-state index contributed by atoms with van der Waals surface area (Å²) in [6.45, 7) is 0. The van der Waals surface area contributed by atoms with E-state index in [1.165, 1.54) is 6.07 Å². The lowest BCUT2D eigenvalue weighted by Gasteiger charge is -2.09. The Morgan fingerprint density at radius 1 is 1.24 bits per heavy atom. The van der Waals surface area contributed by atoms with E-state index < -0.39 is 0 Å². The molecule has 0 aliphatic rings. The second-order valence-electron chi connectivity index (χ2n) is 4.24. The lowest BCUT2D eigenvalue weighted by atomic mass is 10.2. The van der Waals surface area contributed by atoms with Gasteiger partial charge in [-0.2, -0.15) is 0 Å². The zero-order valence-corrected chi connectivity index (χ0v) is 16.1. The number of aromatic nitrogens is 2. The van der Waals surface area contributed by atoms with Crippen LogP contribution in [0.1, 0.15) is 0 Å². The maximum absolute atomic E-state index is 13.9. The van der Waals surface area contributed by atoms with Gasteiger partial charge in [-0.05, 0) is 68.9 Å². The average molecular weight is 518 g/mol. The molecule has 1 heterocycles. The number of H-pyrrole nitrogens is 1. The number of fused-ring (bicyclic) bond motifs is 1. The lowest BCUT2D eigenvalue weighted by Crippen LogP contribution is -1.96. The first-order valence-corrected chi connectivity index (χ1v) is 8.67. The van der Waals surface area contributed by atoms with Crippen LogP contribution in [-0.4, -0.2) is 9.55 Å². The number of benzene rings is 2. The van der Waals surface area contributed by atoms with E-state index in [1.54, 1.807) is 22.8 Å². The molecule has 21 heavy (non-hydrogen) atoms. The molecule has 0 unspecified atom stereocenters. The SMILES string of the molecule is Fc1cc2c(cc1I)[nH]c(=S)n2-c1ccc(Br)c(Cl)c1Cl. The van der Waals surface area contributed by atoms with E-state index >= 15 is 0 Å². The third-order valence-electron chi connectivity index (χ3n) is 2.98. The number of rotatable bonds is 1. The molecule has 3 aromatic rings. The van der Waals surface area contributed by atoms with Crippen molar-refractivity contribution in [2.24, 2.45) is 0 Å². The molecule has 8 heteroatoms. The van der Waals surface area contributed by atoms with Gasteiger partial charge < -0.3 is 4.98 Å². The number of nitrogens with zero attached hydrogens (tertiary/aromatic N) is 1. The Hall–Kier alpha value is -0.150. The van der Waals surface area contributed by atoms with Crippen molar-refractivity contribution < 1.29 is 4.39 Å². The second kappa shape index (κ2) is 5.81. The number of halogens is 5. The molecule has 0 aliphatic heterocycles. The second-order valence-corrected chi connectivity index (χ2v) is 7.40. The molecule has 0 spiro atoms. The predicted molar refractivity (Wildman–Crippen MR) is 98.9 cm³/mol. The average Bonchev–Trinajstić information content (AvgIpc) is 2.73. The largest absolute Gasteiger partial charge is 0.330 e. The van der Waals surface area contributed by atoms with Gasteiger partial charge in [-0.3, -0.25) is 4.57 Å². The van der Waals surface area contributed by atoms with Crippen LogP contribution in [0.4, 0.5) is 4.39 Å². The Morgan fingerprint density at radius 2 is 1.95 bits per heavy atom. The molecule has 3 rings (SSSR count). The van der Waals surface area contributed by atoms with Gasteiger partial charge in [0, 0.05) is 10.5 Å². The fraction of sp³-hybridized carbons (Fsp3) is 0. The van der Waals surface area contributed by atoms with E-state index in [-0.39, 0.29) is 5.82 Å². The number of hydrogen-bond donors (Lipinski definition) is 1.